The van der Waals surface area contributed by atoms with Crippen LogP contribution in [0.15, 0.2) is 0 Å². The Morgan fingerprint density at radius 1 is 0.875 bits per heavy atom. The molecule has 0 aromatic rings. The first-order valence-electron chi connectivity index (χ1n) is 10.3. The second-order valence-corrected chi connectivity index (χ2v) is 10.2. The highest BCUT2D eigenvalue weighted by Crippen LogP contribution is 2.67. The van der Waals surface area contributed by atoms with Crippen LogP contribution in [0.3, 0.4) is 0 Å². The summed E-state index contributed by atoms with van der Waals surface area (Å²) in [7, 11) is 0. The smallest absolute Gasteiger partial charge is 0.0804 e. The molecule has 3 nitrogen and oxygen atoms in total. The summed E-state index contributed by atoms with van der Waals surface area (Å²) in [5.41, 5.74) is 0.511. The predicted octanol–water partition coefficient (Wildman–Crippen LogP) is 3.36. The summed E-state index contributed by atoms with van der Waals surface area (Å²) in [6.07, 6.45) is 7.78. The summed E-state index contributed by atoms with van der Waals surface area (Å²) in [5.74, 6) is 3.25. The van der Waals surface area contributed by atoms with Crippen molar-refractivity contribution in [3.8, 4) is 0 Å². The molecule has 0 aromatic heterocycles. The summed E-state index contributed by atoms with van der Waals surface area (Å²) in [6.45, 7) is 6.85. The van der Waals surface area contributed by atoms with Gasteiger partial charge in [-0.1, -0.05) is 13.8 Å². The lowest BCUT2D eigenvalue weighted by Gasteiger charge is -2.61. The first-order valence-corrected chi connectivity index (χ1v) is 10.3. The minimum Gasteiger partial charge on any atom is -0.393 e. The van der Waals surface area contributed by atoms with Crippen LogP contribution in [-0.4, -0.2) is 33.6 Å². The molecule has 4 rings (SSSR count). The summed E-state index contributed by atoms with van der Waals surface area (Å²) < 4.78 is 0. The van der Waals surface area contributed by atoms with Crippen molar-refractivity contribution in [2.75, 3.05) is 0 Å². The van der Waals surface area contributed by atoms with Gasteiger partial charge in [-0.25, -0.2) is 0 Å². The van der Waals surface area contributed by atoms with E-state index in [9.17, 15) is 15.3 Å². The molecule has 24 heavy (non-hydrogen) atoms. The Kier molecular flexibility index (Phi) is 4.10. The molecule has 4 aliphatic rings. The normalized spacial score (nSPS) is 58.5. The maximum Gasteiger partial charge on any atom is 0.0804 e. The van der Waals surface area contributed by atoms with E-state index in [0.29, 0.717) is 23.2 Å². The van der Waals surface area contributed by atoms with Crippen LogP contribution in [0.25, 0.3) is 0 Å². The van der Waals surface area contributed by atoms with Gasteiger partial charge in [0.15, 0.2) is 0 Å². The van der Waals surface area contributed by atoms with Gasteiger partial charge in [-0.05, 0) is 98.7 Å². The SMILES string of the molecule is C[C@H](O)[C@H]1CC[C@H]2[C@@H]3CC[C@H]4C[C@@H](O)[C@H](O)C[C@]4(C)[C@H]3CC[C@]12C. The second-order valence-electron chi connectivity index (χ2n) is 10.2. The van der Waals surface area contributed by atoms with E-state index in [1.165, 1.54) is 38.5 Å². The van der Waals surface area contributed by atoms with Gasteiger partial charge in [0, 0.05) is 0 Å². The fourth-order valence-corrected chi connectivity index (χ4v) is 8.11. The zero-order chi connectivity index (χ0) is 17.3. The maximum atomic E-state index is 10.3. The highest BCUT2D eigenvalue weighted by molar-refractivity contribution is 5.10. The summed E-state index contributed by atoms with van der Waals surface area (Å²) >= 11 is 0. The molecule has 0 saturated heterocycles. The summed E-state index contributed by atoms with van der Waals surface area (Å²) in [5, 5.41) is 30.8. The Bertz CT molecular complexity index is 491. The molecule has 138 valence electrons. The molecule has 4 fully saturated rings. The van der Waals surface area contributed by atoms with Gasteiger partial charge < -0.3 is 15.3 Å². The largest absolute Gasteiger partial charge is 0.393 e. The molecular formula is C21H36O3. The van der Waals surface area contributed by atoms with Crippen molar-refractivity contribution in [2.45, 2.75) is 90.4 Å². The lowest BCUT2D eigenvalue weighted by atomic mass is 9.44. The third kappa shape index (κ3) is 2.27. The molecule has 4 saturated carbocycles. The van der Waals surface area contributed by atoms with Crippen molar-refractivity contribution in [3.63, 3.8) is 0 Å². The summed E-state index contributed by atoms with van der Waals surface area (Å²) in [4.78, 5) is 0. The molecule has 3 N–H and O–H groups in total. The van der Waals surface area contributed by atoms with E-state index in [-0.39, 0.29) is 11.5 Å². The van der Waals surface area contributed by atoms with Crippen LogP contribution in [0.4, 0.5) is 0 Å². The standard InChI is InChI=1S/C21H36O3/c1-12(22)15-6-7-16-14-5-4-13-10-18(23)19(24)11-21(13,3)17(14)8-9-20(15,16)2/h12-19,22-24H,4-11H2,1-3H3/t12-,13-,14-,15+,16-,17-,18+,19+,20+,21-/m0/s1. The van der Waals surface area contributed by atoms with Gasteiger partial charge in [0.2, 0.25) is 0 Å². The van der Waals surface area contributed by atoms with Crippen LogP contribution in [0, 0.1) is 40.4 Å². The van der Waals surface area contributed by atoms with Gasteiger partial charge in [-0.2, -0.15) is 0 Å². The van der Waals surface area contributed by atoms with Gasteiger partial charge >= 0.3 is 0 Å². The first kappa shape index (κ1) is 17.3. The molecule has 4 aliphatic carbocycles. The minimum absolute atomic E-state index is 0.185. The van der Waals surface area contributed by atoms with E-state index in [0.717, 1.165) is 24.7 Å². The van der Waals surface area contributed by atoms with Gasteiger partial charge in [0.05, 0.1) is 18.3 Å². The Balaban J connectivity index is 1.61. The number of fused-ring (bicyclic) bond motifs is 5. The van der Waals surface area contributed by atoms with E-state index in [4.69, 9.17) is 0 Å². The molecule has 0 aromatic carbocycles. The lowest BCUT2D eigenvalue weighted by molar-refractivity contribution is -0.162. The van der Waals surface area contributed by atoms with Crippen molar-refractivity contribution in [3.05, 3.63) is 0 Å². The van der Waals surface area contributed by atoms with Crippen molar-refractivity contribution >= 4 is 0 Å². The van der Waals surface area contributed by atoms with Crippen LogP contribution in [0.5, 0.6) is 0 Å². The van der Waals surface area contributed by atoms with Crippen molar-refractivity contribution in [2.24, 2.45) is 40.4 Å². The highest BCUT2D eigenvalue weighted by Gasteiger charge is 2.61. The third-order valence-electron chi connectivity index (χ3n) is 9.34. The molecule has 0 spiro atoms. The molecule has 0 aliphatic heterocycles. The van der Waals surface area contributed by atoms with Crippen molar-refractivity contribution in [1.29, 1.82) is 0 Å². The number of hydrogen-bond donors (Lipinski definition) is 3. The fraction of sp³-hybridized carbons (Fsp3) is 1.00. The van der Waals surface area contributed by atoms with E-state index in [1.807, 2.05) is 6.92 Å². The number of hydrogen-bond acceptors (Lipinski definition) is 3. The van der Waals surface area contributed by atoms with E-state index < -0.39 is 12.2 Å². The van der Waals surface area contributed by atoms with Crippen LogP contribution < -0.4 is 0 Å². The van der Waals surface area contributed by atoms with Crippen LogP contribution in [0.2, 0.25) is 0 Å². The highest BCUT2D eigenvalue weighted by atomic mass is 16.3. The zero-order valence-corrected chi connectivity index (χ0v) is 15.6. The zero-order valence-electron chi connectivity index (χ0n) is 15.6. The topological polar surface area (TPSA) is 60.7 Å². The van der Waals surface area contributed by atoms with E-state index >= 15 is 0 Å². The lowest BCUT2D eigenvalue weighted by Crippen LogP contribution is -2.57. The Morgan fingerprint density at radius 2 is 1.58 bits per heavy atom. The molecule has 0 radical (unpaired) electrons. The third-order valence-corrected chi connectivity index (χ3v) is 9.34. The van der Waals surface area contributed by atoms with Gasteiger partial charge in [-0.3, -0.25) is 0 Å². The number of rotatable bonds is 1. The van der Waals surface area contributed by atoms with Crippen LogP contribution in [-0.2, 0) is 0 Å². The maximum absolute atomic E-state index is 10.3. The minimum atomic E-state index is -0.535. The van der Waals surface area contributed by atoms with Gasteiger partial charge in [0.25, 0.3) is 0 Å². The van der Waals surface area contributed by atoms with Gasteiger partial charge in [0.1, 0.15) is 0 Å². The molecular weight excluding hydrogens is 300 g/mol. The molecule has 3 heteroatoms. The molecule has 10 atom stereocenters. The predicted molar refractivity (Wildman–Crippen MR) is 94.3 cm³/mol. The monoisotopic (exact) mass is 336 g/mol. The first-order chi connectivity index (χ1) is 11.3. The molecule has 0 heterocycles. The average Bonchev–Trinajstić information content (AvgIpc) is 2.86. The average molecular weight is 337 g/mol. The Morgan fingerprint density at radius 3 is 2.29 bits per heavy atom. The van der Waals surface area contributed by atoms with Crippen molar-refractivity contribution in [1.82, 2.24) is 0 Å². The molecule has 0 unspecified atom stereocenters. The van der Waals surface area contributed by atoms with E-state index in [2.05, 4.69) is 13.8 Å². The van der Waals surface area contributed by atoms with Crippen LogP contribution >= 0.6 is 0 Å². The van der Waals surface area contributed by atoms with Crippen molar-refractivity contribution < 1.29 is 15.3 Å². The second kappa shape index (κ2) is 5.69. The number of aliphatic hydroxyl groups is 3. The molecule has 0 amide bonds. The van der Waals surface area contributed by atoms with Crippen LogP contribution in [0.1, 0.15) is 72.1 Å². The quantitative estimate of drug-likeness (QED) is 0.688. The van der Waals surface area contributed by atoms with E-state index in [1.54, 1.807) is 0 Å². The number of aliphatic hydroxyl groups excluding tert-OH is 3. The van der Waals surface area contributed by atoms with Gasteiger partial charge in [-0.15, -0.1) is 0 Å². The fourth-order valence-electron chi connectivity index (χ4n) is 8.11. The Labute approximate surface area is 146 Å². The Hall–Kier alpha value is -0.120. The molecule has 0 bridgehead atoms. The summed E-state index contributed by atoms with van der Waals surface area (Å²) in [6, 6.07) is 0.